The van der Waals surface area contributed by atoms with Crippen LogP contribution in [0.3, 0.4) is 0 Å². The van der Waals surface area contributed by atoms with Gasteiger partial charge in [0.1, 0.15) is 0 Å². The van der Waals surface area contributed by atoms with Crippen molar-refractivity contribution in [3.05, 3.63) is 35.9 Å². The molecule has 2 nitrogen and oxygen atoms in total. The smallest absolute Gasteiger partial charge is 0.0197 e. The van der Waals surface area contributed by atoms with Crippen molar-refractivity contribution in [3.63, 3.8) is 0 Å². The number of nitrogens with zero attached hydrogens (tertiary/aromatic N) is 1. The lowest BCUT2D eigenvalue weighted by molar-refractivity contribution is 0.329. The zero-order valence-electron chi connectivity index (χ0n) is 10.7. The van der Waals surface area contributed by atoms with E-state index in [0.717, 1.165) is 19.5 Å². The quantitative estimate of drug-likeness (QED) is 0.757. The van der Waals surface area contributed by atoms with Crippen LogP contribution in [-0.4, -0.2) is 38.1 Å². The maximum atomic E-state index is 3.54. The van der Waals surface area contributed by atoms with E-state index >= 15 is 0 Å². The predicted octanol–water partition coefficient (Wildman–Crippen LogP) is 2.16. The molecule has 0 aliphatic carbocycles. The van der Waals surface area contributed by atoms with Gasteiger partial charge in [0.15, 0.2) is 0 Å². The van der Waals surface area contributed by atoms with Crippen LogP contribution < -0.4 is 5.32 Å². The summed E-state index contributed by atoms with van der Waals surface area (Å²) in [5.74, 6) is 0. The molecule has 2 heteroatoms. The molecule has 0 spiro atoms. The number of hydrogen-bond acceptors (Lipinski definition) is 2. The molecule has 0 saturated carbocycles. The van der Waals surface area contributed by atoms with Gasteiger partial charge in [-0.3, -0.25) is 0 Å². The fourth-order valence-corrected chi connectivity index (χ4v) is 1.97. The molecular formula is C14H24N2. The molecule has 1 aromatic carbocycles. The number of aryl methyl sites for hydroxylation is 1. The topological polar surface area (TPSA) is 15.3 Å². The highest BCUT2D eigenvalue weighted by Crippen LogP contribution is 2.05. The van der Waals surface area contributed by atoms with E-state index in [1.54, 1.807) is 0 Å². The predicted molar refractivity (Wildman–Crippen MR) is 70.8 cm³/mol. The van der Waals surface area contributed by atoms with Gasteiger partial charge in [0.25, 0.3) is 0 Å². The van der Waals surface area contributed by atoms with E-state index in [1.807, 2.05) is 0 Å². The van der Waals surface area contributed by atoms with E-state index in [2.05, 4.69) is 61.6 Å². The molecule has 0 fully saturated rings. The Kier molecular flexibility index (Phi) is 6.12. The third-order valence-electron chi connectivity index (χ3n) is 2.70. The number of rotatable bonds is 7. The molecule has 0 bridgehead atoms. The van der Waals surface area contributed by atoms with Gasteiger partial charge >= 0.3 is 0 Å². The minimum atomic E-state index is 0.597. The zero-order valence-corrected chi connectivity index (χ0v) is 10.7. The Bertz CT molecular complexity index is 269. The lowest BCUT2D eigenvalue weighted by Gasteiger charge is -2.21. The molecule has 1 atom stereocenters. The van der Waals surface area contributed by atoms with Gasteiger partial charge in [0.2, 0.25) is 0 Å². The fourth-order valence-electron chi connectivity index (χ4n) is 1.97. The van der Waals surface area contributed by atoms with Crippen LogP contribution in [0, 0.1) is 0 Å². The van der Waals surface area contributed by atoms with Crippen LogP contribution in [0.25, 0.3) is 0 Å². The van der Waals surface area contributed by atoms with E-state index in [1.165, 1.54) is 12.0 Å². The molecule has 0 heterocycles. The van der Waals surface area contributed by atoms with Gasteiger partial charge < -0.3 is 10.2 Å². The largest absolute Gasteiger partial charge is 0.313 e. The fraction of sp³-hybridized carbons (Fsp3) is 0.571. The Morgan fingerprint density at radius 2 is 1.88 bits per heavy atom. The van der Waals surface area contributed by atoms with Crippen LogP contribution in [0.2, 0.25) is 0 Å². The first kappa shape index (κ1) is 13.2. The molecule has 0 saturated heterocycles. The monoisotopic (exact) mass is 220 g/mol. The lowest BCUT2D eigenvalue weighted by atomic mass is 10.0. The van der Waals surface area contributed by atoms with Crippen LogP contribution in [0.5, 0.6) is 0 Å². The normalized spacial score (nSPS) is 13.0. The van der Waals surface area contributed by atoms with Crippen LogP contribution in [0.15, 0.2) is 30.3 Å². The Morgan fingerprint density at radius 3 is 2.44 bits per heavy atom. The second kappa shape index (κ2) is 7.42. The van der Waals surface area contributed by atoms with Gasteiger partial charge in [0, 0.05) is 12.6 Å². The summed E-state index contributed by atoms with van der Waals surface area (Å²) >= 11 is 0. The Labute approximate surface area is 99.7 Å². The zero-order chi connectivity index (χ0) is 11.8. The van der Waals surface area contributed by atoms with Crippen molar-refractivity contribution in [3.8, 4) is 0 Å². The van der Waals surface area contributed by atoms with Crippen LogP contribution >= 0.6 is 0 Å². The summed E-state index contributed by atoms with van der Waals surface area (Å²) in [4.78, 5) is 2.25. The maximum Gasteiger partial charge on any atom is 0.0197 e. The molecule has 0 aliphatic rings. The molecule has 16 heavy (non-hydrogen) atoms. The van der Waals surface area contributed by atoms with Crippen molar-refractivity contribution in [2.24, 2.45) is 0 Å². The molecular weight excluding hydrogens is 196 g/mol. The summed E-state index contributed by atoms with van der Waals surface area (Å²) in [6.45, 7) is 4.33. The Hall–Kier alpha value is -0.860. The van der Waals surface area contributed by atoms with Gasteiger partial charge in [-0.2, -0.15) is 0 Å². The van der Waals surface area contributed by atoms with Crippen molar-refractivity contribution >= 4 is 0 Å². The molecule has 0 aliphatic heterocycles. The summed E-state index contributed by atoms with van der Waals surface area (Å²) < 4.78 is 0. The van der Waals surface area contributed by atoms with Gasteiger partial charge in [-0.05, 0) is 39.0 Å². The summed E-state index contributed by atoms with van der Waals surface area (Å²) in [7, 11) is 4.26. The highest BCUT2D eigenvalue weighted by molar-refractivity contribution is 5.14. The van der Waals surface area contributed by atoms with Crippen LogP contribution in [-0.2, 0) is 6.42 Å². The lowest BCUT2D eigenvalue weighted by Crippen LogP contribution is -2.38. The van der Waals surface area contributed by atoms with Gasteiger partial charge in [-0.15, -0.1) is 0 Å². The Morgan fingerprint density at radius 1 is 1.19 bits per heavy atom. The summed E-state index contributed by atoms with van der Waals surface area (Å²) in [6.07, 6.45) is 2.36. The number of hydrogen-bond donors (Lipinski definition) is 1. The Balaban J connectivity index is 2.37. The molecule has 0 amide bonds. The van der Waals surface area contributed by atoms with Gasteiger partial charge in [-0.1, -0.05) is 37.3 Å². The highest BCUT2D eigenvalue weighted by Gasteiger charge is 2.08. The minimum Gasteiger partial charge on any atom is -0.313 e. The first-order chi connectivity index (χ1) is 7.72. The average Bonchev–Trinajstić information content (AvgIpc) is 2.27. The number of nitrogens with one attached hydrogen (secondary N) is 1. The summed E-state index contributed by atoms with van der Waals surface area (Å²) in [5.41, 5.74) is 1.43. The van der Waals surface area contributed by atoms with E-state index < -0.39 is 0 Å². The molecule has 1 rings (SSSR count). The molecule has 90 valence electrons. The third kappa shape index (κ3) is 5.29. The van der Waals surface area contributed by atoms with E-state index in [4.69, 9.17) is 0 Å². The van der Waals surface area contributed by atoms with Crippen molar-refractivity contribution in [2.75, 3.05) is 27.2 Å². The second-order valence-corrected chi connectivity index (χ2v) is 4.54. The van der Waals surface area contributed by atoms with Crippen LogP contribution in [0.1, 0.15) is 18.9 Å². The maximum absolute atomic E-state index is 3.54. The first-order valence-corrected chi connectivity index (χ1v) is 6.14. The summed E-state index contributed by atoms with van der Waals surface area (Å²) in [6, 6.07) is 11.3. The summed E-state index contributed by atoms with van der Waals surface area (Å²) in [5, 5.41) is 3.54. The van der Waals surface area contributed by atoms with E-state index in [9.17, 15) is 0 Å². The molecule has 0 aromatic heterocycles. The minimum absolute atomic E-state index is 0.597. The molecule has 1 aromatic rings. The van der Waals surface area contributed by atoms with Crippen molar-refractivity contribution in [2.45, 2.75) is 25.8 Å². The third-order valence-corrected chi connectivity index (χ3v) is 2.70. The SMILES string of the molecule is CCNC(CCc1ccccc1)CN(C)C. The molecule has 1 N–H and O–H groups in total. The highest BCUT2D eigenvalue weighted by atomic mass is 15.1. The van der Waals surface area contributed by atoms with Gasteiger partial charge in [-0.25, -0.2) is 0 Å². The molecule has 0 radical (unpaired) electrons. The van der Waals surface area contributed by atoms with Crippen molar-refractivity contribution in [1.29, 1.82) is 0 Å². The average molecular weight is 220 g/mol. The number of benzene rings is 1. The standard InChI is InChI=1S/C14H24N2/c1-4-15-14(12-16(2)3)11-10-13-8-6-5-7-9-13/h5-9,14-15H,4,10-12H2,1-3H3. The van der Waals surface area contributed by atoms with E-state index in [0.29, 0.717) is 6.04 Å². The first-order valence-electron chi connectivity index (χ1n) is 6.14. The van der Waals surface area contributed by atoms with Crippen molar-refractivity contribution < 1.29 is 0 Å². The van der Waals surface area contributed by atoms with E-state index in [-0.39, 0.29) is 0 Å². The van der Waals surface area contributed by atoms with Crippen molar-refractivity contribution in [1.82, 2.24) is 10.2 Å². The number of likely N-dealkylation sites (N-methyl/N-ethyl adjacent to an activating group) is 2. The molecule has 1 unspecified atom stereocenters. The second-order valence-electron chi connectivity index (χ2n) is 4.54. The van der Waals surface area contributed by atoms with Gasteiger partial charge in [0.05, 0.1) is 0 Å². The van der Waals surface area contributed by atoms with Crippen LogP contribution in [0.4, 0.5) is 0 Å².